The summed E-state index contributed by atoms with van der Waals surface area (Å²) in [5.41, 5.74) is 0. The Balaban J connectivity index is 2.35. The van der Waals surface area contributed by atoms with Crippen LogP contribution in [0, 0.1) is 11.8 Å². The average molecular weight is 272 g/mol. The number of rotatable bonds is 7. The van der Waals surface area contributed by atoms with Gasteiger partial charge in [-0.25, -0.2) is 4.79 Å². The van der Waals surface area contributed by atoms with Crippen molar-refractivity contribution in [3.8, 4) is 0 Å². The van der Waals surface area contributed by atoms with Crippen molar-refractivity contribution in [2.24, 2.45) is 11.8 Å². The van der Waals surface area contributed by atoms with Crippen molar-refractivity contribution < 1.29 is 19.4 Å². The third kappa shape index (κ3) is 5.16. The summed E-state index contributed by atoms with van der Waals surface area (Å²) in [6, 6.07) is -0.656. The largest absolute Gasteiger partial charge is 0.467 e. The quantitative estimate of drug-likeness (QED) is 0.552. The van der Waals surface area contributed by atoms with E-state index in [1.54, 1.807) is 0 Å². The molecule has 0 radical (unpaired) electrons. The Bertz CT molecular complexity index is 309. The monoisotopic (exact) mass is 272 g/mol. The normalized spacial score (nSPS) is 23.9. The van der Waals surface area contributed by atoms with Crippen LogP contribution in [-0.4, -0.2) is 49.8 Å². The number of amides is 1. The topological polar surface area (TPSA) is 87.7 Å². The minimum Gasteiger partial charge on any atom is -0.467 e. The van der Waals surface area contributed by atoms with Crippen LogP contribution in [-0.2, 0) is 14.3 Å². The molecule has 1 fully saturated rings. The number of aliphatic hydroxyl groups is 1. The Labute approximate surface area is 113 Å². The molecule has 0 saturated heterocycles. The molecule has 0 aromatic heterocycles. The van der Waals surface area contributed by atoms with Gasteiger partial charge in [0.25, 0.3) is 0 Å². The van der Waals surface area contributed by atoms with Crippen LogP contribution >= 0.6 is 0 Å². The lowest BCUT2D eigenvalue weighted by atomic mass is 9.97. The number of methoxy groups -OCH3 is 1. The summed E-state index contributed by atoms with van der Waals surface area (Å²) in [5.74, 6) is 0.0876. The van der Waals surface area contributed by atoms with E-state index in [-0.39, 0.29) is 12.5 Å². The molecule has 1 aliphatic carbocycles. The molecule has 6 nitrogen and oxygen atoms in total. The molecule has 3 unspecified atom stereocenters. The summed E-state index contributed by atoms with van der Waals surface area (Å²) < 4.78 is 4.64. The van der Waals surface area contributed by atoms with Gasteiger partial charge in [-0.1, -0.05) is 6.42 Å². The lowest BCUT2D eigenvalue weighted by molar-refractivity contribution is -0.144. The third-order valence-electron chi connectivity index (χ3n) is 3.67. The van der Waals surface area contributed by atoms with E-state index in [1.165, 1.54) is 14.0 Å². The fourth-order valence-corrected chi connectivity index (χ4v) is 2.62. The fraction of sp³-hybridized carbons (Fsp3) is 0.846. The van der Waals surface area contributed by atoms with Crippen molar-refractivity contribution in [3.63, 3.8) is 0 Å². The van der Waals surface area contributed by atoms with Crippen LogP contribution in [0.1, 0.15) is 26.2 Å². The molecule has 1 aliphatic rings. The first-order valence-electron chi connectivity index (χ1n) is 6.75. The van der Waals surface area contributed by atoms with Crippen molar-refractivity contribution >= 4 is 11.9 Å². The summed E-state index contributed by atoms with van der Waals surface area (Å²) in [4.78, 5) is 22.5. The first-order chi connectivity index (χ1) is 9.08. The van der Waals surface area contributed by atoms with E-state index >= 15 is 0 Å². The zero-order valence-electron chi connectivity index (χ0n) is 11.6. The highest BCUT2D eigenvalue weighted by Crippen LogP contribution is 2.30. The second-order valence-electron chi connectivity index (χ2n) is 5.07. The van der Waals surface area contributed by atoms with Gasteiger partial charge in [-0.2, -0.15) is 0 Å². The molecule has 6 heteroatoms. The predicted molar refractivity (Wildman–Crippen MR) is 70.4 cm³/mol. The van der Waals surface area contributed by atoms with E-state index in [4.69, 9.17) is 0 Å². The molecule has 3 atom stereocenters. The van der Waals surface area contributed by atoms with Crippen LogP contribution in [0.2, 0.25) is 0 Å². The van der Waals surface area contributed by atoms with E-state index in [9.17, 15) is 14.7 Å². The molecule has 1 rings (SSSR count). The van der Waals surface area contributed by atoms with Gasteiger partial charge in [0.15, 0.2) is 0 Å². The Morgan fingerprint density at radius 1 is 1.37 bits per heavy atom. The number of aliphatic hydroxyl groups excluding tert-OH is 1. The zero-order valence-corrected chi connectivity index (χ0v) is 11.6. The highest BCUT2D eigenvalue weighted by molar-refractivity contribution is 5.83. The molecule has 0 spiro atoms. The SMILES string of the molecule is COC(=O)C(CNCC1CCCC1CO)NC(C)=O. The van der Waals surface area contributed by atoms with Gasteiger partial charge in [-0.15, -0.1) is 0 Å². The van der Waals surface area contributed by atoms with E-state index in [1.807, 2.05) is 0 Å². The summed E-state index contributed by atoms with van der Waals surface area (Å²) in [6.07, 6.45) is 3.31. The Morgan fingerprint density at radius 2 is 2.05 bits per heavy atom. The molecule has 110 valence electrons. The van der Waals surface area contributed by atoms with Gasteiger partial charge in [0.2, 0.25) is 5.91 Å². The van der Waals surface area contributed by atoms with Gasteiger partial charge in [0, 0.05) is 20.1 Å². The first-order valence-corrected chi connectivity index (χ1v) is 6.75. The summed E-state index contributed by atoms with van der Waals surface area (Å²) >= 11 is 0. The van der Waals surface area contributed by atoms with E-state index < -0.39 is 12.0 Å². The zero-order chi connectivity index (χ0) is 14.3. The van der Waals surface area contributed by atoms with Crippen LogP contribution in [0.25, 0.3) is 0 Å². The standard InChI is InChI=1S/C13H24N2O4/c1-9(17)15-12(13(18)19-2)7-14-6-10-4-3-5-11(10)8-16/h10-12,14,16H,3-8H2,1-2H3,(H,15,17). The number of ether oxygens (including phenoxy) is 1. The maximum atomic E-state index is 11.5. The molecule has 0 aromatic carbocycles. The molecule has 0 aliphatic heterocycles. The molecule has 19 heavy (non-hydrogen) atoms. The smallest absolute Gasteiger partial charge is 0.329 e. The van der Waals surface area contributed by atoms with Crippen molar-refractivity contribution in [1.29, 1.82) is 0 Å². The van der Waals surface area contributed by atoms with Crippen LogP contribution in [0.5, 0.6) is 0 Å². The first kappa shape index (κ1) is 15.9. The van der Waals surface area contributed by atoms with Gasteiger partial charge in [0.1, 0.15) is 6.04 Å². The molecule has 0 aromatic rings. The maximum absolute atomic E-state index is 11.5. The number of carbonyl (C=O) groups is 2. The van der Waals surface area contributed by atoms with Gasteiger partial charge >= 0.3 is 5.97 Å². The lowest BCUT2D eigenvalue weighted by Crippen LogP contribution is -2.48. The average Bonchev–Trinajstić information content (AvgIpc) is 2.83. The molecular weight excluding hydrogens is 248 g/mol. The third-order valence-corrected chi connectivity index (χ3v) is 3.67. The van der Waals surface area contributed by atoms with E-state index in [0.717, 1.165) is 25.8 Å². The van der Waals surface area contributed by atoms with Crippen LogP contribution < -0.4 is 10.6 Å². The minimum absolute atomic E-state index is 0.221. The summed E-state index contributed by atoms with van der Waals surface area (Å²) in [7, 11) is 1.30. The van der Waals surface area contributed by atoms with Crippen LogP contribution in [0.3, 0.4) is 0 Å². The number of nitrogens with one attached hydrogen (secondary N) is 2. The molecule has 3 N–H and O–H groups in total. The molecule has 1 amide bonds. The maximum Gasteiger partial charge on any atom is 0.329 e. The minimum atomic E-state index is -0.656. The Hall–Kier alpha value is -1.14. The van der Waals surface area contributed by atoms with Crippen LogP contribution in [0.4, 0.5) is 0 Å². The lowest BCUT2D eigenvalue weighted by Gasteiger charge is -2.20. The van der Waals surface area contributed by atoms with Crippen molar-refractivity contribution in [2.45, 2.75) is 32.2 Å². The van der Waals surface area contributed by atoms with Gasteiger partial charge in [-0.3, -0.25) is 4.79 Å². The second kappa shape index (κ2) is 8.12. The van der Waals surface area contributed by atoms with Crippen molar-refractivity contribution in [1.82, 2.24) is 10.6 Å². The number of carbonyl (C=O) groups excluding carboxylic acids is 2. The number of esters is 1. The van der Waals surface area contributed by atoms with Crippen molar-refractivity contribution in [3.05, 3.63) is 0 Å². The van der Waals surface area contributed by atoms with E-state index in [2.05, 4.69) is 15.4 Å². The number of hydrogen-bond donors (Lipinski definition) is 3. The van der Waals surface area contributed by atoms with Gasteiger partial charge in [-0.05, 0) is 31.2 Å². The van der Waals surface area contributed by atoms with Gasteiger partial charge in [0.05, 0.1) is 7.11 Å². The number of hydrogen-bond acceptors (Lipinski definition) is 5. The Kier molecular flexibility index (Phi) is 6.80. The highest BCUT2D eigenvalue weighted by atomic mass is 16.5. The fourth-order valence-electron chi connectivity index (χ4n) is 2.62. The molecule has 0 heterocycles. The molecule has 0 bridgehead atoms. The summed E-state index contributed by atoms with van der Waals surface area (Å²) in [5, 5.41) is 15.0. The summed E-state index contributed by atoms with van der Waals surface area (Å²) in [6.45, 7) is 2.69. The van der Waals surface area contributed by atoms with Crippen LogP contribution in [0.15, 0.2) is 0 Å². The van der Waals surface area contributed by atoms with E-state index in [0.29, 0.717) is 18.4 Å². The Morgan fingerprint density at radius 3 is 2.63 bits per heavy atom. The molecular formula is C13H24N2O4. The second-order valence-corrected chi connectivity index (χ2v) is 5.07. The molecule has 1 saturated carbocycles. The van der Waals surface area contributed by atoms with Gasteiger partial charge < -0.3 is 20.5 Å². The predicted octanol–water partition coefficient (Wildman–Crippen LogP) is -0.338. The van der Waals surface area contributed by atoms with Crippen molar-refractivity contribution in [2.75, 3.05) is 26.8 Å². The highest BCUT2D eigenvalue weighted by Gasteiger charge is 2.27.